The summed E-state index contributed by atoms with van der Waals surface area (Å²) in [6.45, 7) is 4.82. The second kappa shape index (κ2) is 7.85. The fourth-order valence-corrected chi connectivity index (χ4v) is 4.49. The maximum atomic E-state index is 12.2. The van der Waals surface area contributed by atoms with Gasteiger partial charge in [0.2, 0.25) is 11.8 Å². The smallest absolute Gasteiger partial charge is 0.223 e. The van der Waals surface area contributed by atoms with Gasteiger partial charge >= 0.3 is 0 Å². The lowest BCUT2D eigenvalue weighted by molar-refractivity contribution is -0.135. The summed E-state index contributed by atoms with van der Waals surface area (Å²) in [4.78, 5) is 25.6. The summed E-state index contributed by atoms with van der Waals surface area (Å²) in [7, 11) is 0. The Bertz CT molecular complexity index is 442. The number of likely N-dealkylation sites (tertiary alicyclic amines) is 1. The third-order valence-corrected chi connectivity index (χ3v) is 6.37. The summed E-state index contributed by atoms with van der Waals surface area (Å²) >= 11 is 0. The zero-order valence-electron chi connectivity index (χ0n) is 15.0. The van der Waals surface area contributed by atoms with E-state index in [2.05, 4.69) is 5.32 Å². The minimum atomic E-state index is 0.161. The van der Waals surface area contributed by atoms with Crippen molar-refractivity contribution < 1.29 is 14.3 Å². The number of ether oxygens (including phenoxy) is 1. The van der Waals surface area contributed by atoms with Gasteiger partial charge in [-0.05, 0) is 43.9 Å². The van der Waals surface area contributed by atoms with Gasteiger partial charge in [-0.1, -0.05) is 19.3 Å². The molecule has 1 aliphatic carbocycles. The maximum Gasteiger partial charge on any atom is 0.223 e. The van der Waals surface area contributed by atoms with Crippen LogP contribution in [0.5, 0.6) is 0 Å². The third-order valence-electron chi connectivity index (χ3n) is 6.37. The van der Waals surface area contributed by atoms with Crippen molar-refractivity contribution in [2.75, 3.05) is 26.2 Å². The first-order valence-electron chi connectivity index (χ1n) is 9.73. The Kier molecular flexibility index (Phi) is 5.80. The molecule has 136 valence electrons. The monoisotopic (exact) mass is 336 g/mol. The zero-order chi connectivity index (χ0) is 17.0. The molecule has 5 nitrogen and oxygen atoms in total. The lowest BCUT2D eigenvalue weighted by Crippen LogP contribution is -2.48. The first-order valence-corrected chi connectivity index (χ1v) is 9.73. The summed E-state index contributed by atoms with van der Waals surface area (Å²) in [5, 5.41) is 3.12. The first kappa shape index (κ1) is 17.7. The summed E-state index contributed by atoms with van der Waals surface area (Å²) in [5.41, 5.74) is 0.260. The number of hydrogen-bond acceptors (Lipinski definition) is 3. The second-order valence-electron chi connectivity index (χ2n) is 8.06. The van der Waals surface area contributed by atoms with Crippen molar-refractivity contribution in [1.29, 1.82) is 0 Å². The molecule has 1 N–H and O–H groups in total. The van der Waals surface area contributed by atoms with Crippen LogP contribution in [0.4, 0.5) is 0 Å². The minimum Gasteiger partial charge on any atom is -0.376 e. The Hall–Kier alpha value is -1.10. The highest BCUT2D eigenvalue weighted by Gasteiger charge is 2.39. The molecule has 2 heterocycles. The van der Waals surface area contributed by atoms with E-state index in [0.717, 1.165) is 58.2 Å². The third kappa shape index (κ3) is 4.29. The number of nitrogens with zero attached hydrogens (tertiary/aromatic N) is 1. The Labute approximate surface area is 145 Å². The molecule has 2 saturated heterocycles. The summed E-state index contributed by atoms with van der Waals surface area (Å²) in [6, 6.07) is 0. The molecule has 3 rings (SSSR count). The normalized spacial score (nSPS) is 27.9. The van der Waals surface area contributed by atoms with Gasteiger partial charge in [-0.2, -0.15) is 0 Å². The van der Waals surface area contributed by atoms with Crippen molar-refractivity contribution in [3.8, 4) is 0 Å². The molecule has 1 atom stereocenters. The highest BCUT2D eigenvalue weighted by Crippen LogP contribution is 2.40. The molecule has 24 heavy (non-hydrogen) atoms. The summed E-state index contributed by atoms with van der Waals surface area (Å²) in [5.74, 6) is 0.642. The molecule has 1 saturated carbocycles. The van der Waals surface area contributed by atoms with E-state index in [9.17, 15) is 9.59 Å². The number of carbonyl (C=O) groups is 2. The Morgan fingerprint density at radius 1 is 1.08 bits per heavy atom. The van der Waals surface area contributed by atoms with E-state index in [1.165, 1.54) is 19.3 Å². The van der Waals surface area contributed by atoms with Gasteiger partial charge in [-0.25, -0.2) is 0 Å². The average molecular weight is 336 g/mol. The van der Waals surface area contributed by atoms with E-state index in [4.69, 9.17) is 4.74 Å². The molecule has 3 fully saturated rings. The van der Waals surface area contributed by atoms with E-state index >= 15 is 0 Å². The molecular formula is C19H32N2O3. The first-order chi connectivity index (χ1) is 11.6. The summed E-state index contributed by atoms with van der Waals surface area (Å²) < 4.78 is 6.09. The molecule has 5 heteroatoms. The van der Waals surface area contributed by atoms with Gasteiger partial charge in [0.25, 0.3) is 0 Å². The molecule has 1 unspecified atom stereocenters. The molecule has 0 radical (unpaired) electrons. The zero-order valence-corrected chi connectivity index (χ0v) is 15.0. The van der Waals surface area contributed by atoms with Gasteiger partial charge in [0.15, 0.2) is 0 Å². The lowest BCUT2D eigenvalue weighted by Gasteiger charge is -2.45. The van der Waals surface area contributed by atoms with Crippen LogP contribution in [0.3, 0.4) is 0 Å². The molecule has 1 spiro atoms. The van der Waals surface area contributed by atoms with Gasteiger partial charge in [0.1, 0.15) is 0 Å². The van der Waals surface area contributed by atoms with Crippen LogP contribution in [0, 0.1) is 11.3 Å². The molecular weight excluding hydrogens is 304 g/mol. The topological polar surface area (TPSA) is 58.6 Å². The van der Waals surface area contributed by atoms with E-state index in [1.807, 2.05) is 4.90 Å². The van der Waals surface area contributed by atoms with Crippen LogP contribution in [-0.2, 0) is 14.3 Å². The van der Waals surface area contributed by atoms with E-state index in [-0.39, 0.29) is 29.3 Å². The molecule has 0 aromatic rings. The van der Waals surface area contributed by atoms with E-state index in [0.29, 0.717) is 6.54 Å². The minimum absolute atomic E-state index is 0.161. The molecule has 2 amide bonds. The summed E-state index contributed by atoms with van der Waals surface area (Å²) in [6.07, 6.45) is 10.2. The fraction of sp³-hybridized carbons (Fsp3) is 0.895. The highest BCUT2D eigenvalue weighted by atomic mass is 16.5. The van der Waals surface area contributed by atoms with Gasteiger partial charge in [-0.3, -0.25) is 9.59 Å². The number of rotatable bonds is 3. The predicted octanol–water partition coefficient (Wildman–Crippen LogP) is 2.49. The van der Waals surface area contributed by atoms with Gasteiger partial charge in [-0.15, -0.1) is 0 Å². The average Bonchev–Trinajstić information content (AvgIpc) is 2.62. The van der Waals surface area contributed by atoms with Crippen molar-refractivity contribution in [1.82, 2.24) is 10.2 Å². The van der Waals surface area contributed by atoms with Gasteiger partial charge < -0.3 is 15.0 Å². The largest absolute Gasteiger partial charge is 0.376 e. The molecule has 0 bridgehead atoms. The predicted molar refractivity (Wildman–Crippen MR) is 92.5 cm³/mol. The Morgan fingerprint density at radius 3 is 2.38 bits per heavy atom. The highest BCUT2D eigenvalue weighted by molar-refractivity contribution is 5.78. The molecule has 0 aromatic carbocycles. The van der Waals surface area contributed by atoms with Crippen molar-refractivity contribution in [3.63, 3.8) is 0 Å². The molecule has 0 aromatic heterocycles. The SMILES string of the molecule is CC(=O)N1CCC2(CCC(CNC(=O)C3CCCCC3)OC2)CC1. The van der Waals surface area contributed by atoms with Crippen LogP contribution in [0.25, 0.3) is 0 Å². The standard InChI is InChI=1S/C19H32N2O3/c1-15(22)21-11-9-19(10-12-21)8-7-17(24-14-19)13-20-18(23)16-5-3-2-4-6-16/h16-17H,2-14H2,1H3,(H,20,23). The molecule has 3 aliphatic rings. The van der Waals surface area contributed by atoms with Crippen LogP contribution in [-0.4, -0.2) is 49.1 Å². The lowest BCUT2D eigenvalue weighted by atomic mass is 9.73. The van der Waals surface area contributed by atoms with Crippen LogP contribution < -0.4 is 5.32 Å². The van der Waals surface area contributed by atoms with Crippen LogP contribution in [0.15, 0.2) is 0 Å². The van der Waals surface area contributed by atoms with Crippen LogP contribution >= 0.6 is 0 Å². The van der Waals surface area contributed by atoms with Crippen LogP contribution in [0.1, 0.15) is 64.7 Å². The number of hydrogen-bond donors (Lipinski definition) is 1. The van der Waals surface area contributed by atoms with Crippen molar-refractivity contribution in [3.05, 3.63) is 0 Å². The van der Waals surface area contributed by atoms with Crippen LogP contribution in [0.2, 0.25) is 0 Å². The van der Waals surface area contributed by atoms with E-state index in [1.54, 1.807) is 6.92 Å². The second-order valence-corrected chi connectivity index (χ2v) is 8.06. The number of carbonyl (C=O) groups excluding carboxylic acids is 2. The van der Waals surface area contributed by atoms with Crippen molar-refractivity contribution >= 4 is 11.8 Å². The van der Waals surface area contributed by atoms with E-state index < -0.39 is 0 Å². The van der Waals surface area contributed by atoms with Crippen molar-refractivity contribution in [2.24, 2.45) is 11.3 Å². The fourth-order valence-electron chi connectivity index (χ4n) is 4.49. The Morgan fingerprint density at radius 2 is 1.79 bits per heavy atom. The maximum absolute atomic E-state index is 12.2. The van der Waals surface area contributed by atoms with Crippen molar-refractivity contribution in [2.45, 2.75) is 70.8 Å². The number of amides is 2. The Balaban J connectivity index is 1.38. The quantitative estimate of drug-likeness (QED) is 0.861. The molecule has 2 aliphatic heterocycles. The van der Waals surface area contributed by atoms with Gasteiger partial charge in [0.05, 0.1) is 12.7 Å². The number of nitrogens with one attached hydrogen (secondary N) is 1. The number of piperidine rings is 1. The van der Waals surface area contributed by atoms with Gasteiger partial charge in [0, 0.05) is 32.5 Å².